The normalized spacial score (nSPS) is 34.0. The van der Waals surface area contributed by atoms with E-state index >= 15 is 0 Å². The SMILES string of the molecule is CC1CCC(N2C(=O)C(C)NC2c2cccc(F)c2)C1. The van der Waals surface area contributed by atoms with Crippen LogP contribution in [0.2, 0.25) is 0 Å². The Bertz CT molecular complexity index is 519. The fourth-order valence-corrected chi connectivity index (χ4v) is 3.49. The number of benzene rings is 1. The minimum atomic E-state index is -0.254. The monoisotopic (exact) mass is 276 g/mol. The van der Waals surface area contributed by atoms with Crippen molar-refractivity contribution in [3.63, 3.8) is 0 Å². The Hall–Kier alpha value is -1.42. The second-order valence-corrected chi connectivity index (χ2v) is 6.16. The number of hydrogen-bond acceptors (Lipinski definition) is 2. The molecule has 1 amide bonds. The Morgan fingerprint density at radius 1 is 1.30 bits per heavy atom. The number of amides is 1. The molecule has 1 aliphatic carbocycles. The van der Waals surface area contributed by atoms with Crippen molar-refractivity contribution in [3.05, 3.63) is 35.6 Å². The fourth-order valence-electron chi connectivity index (χ4n) is 3.49. The first-order chi connectivity index (χ1) is 9.56. The molecule has 20 heavy (non-hydrogen) atoms. The number of halogens is 1. The zero-order valence-corrected chi connectivity index (χ0v) is 12.0. The molecular weight excluding hydrogens is 255 g/mol. The molecule has 108 valence electrons. The maximum atomic E-state index is 13.5. The molecule has 0 spiro atoms. The van der Waals surface area contributed by atoms with Crippen LogP contribution in [0.15, 0.2) is 24.3 Å². The van der Waals surface area contributed by atoms with Gasteiger partial charge >= 0.3 is 0 Å². The van der Waals surface area contributed by atoms with Crippen LogP contribution in [-0.2, 0) is 4.79 Å². The molecule has 2 fully saturated rings. The van der Waals surface area contributed by atoms with Gasteiger partial charge in [0, 0.05) is 6.04 Å². The van der Waals surface area contributed by atoms with Crippen LogP contribution >= 0.6 is 0 Å². The second-order valence-electron chi connectivity index (χ2n) is 6.16. The van der Waals surface area contributed by atoms with Gasteiger partial charge < -0.3 is 4.90 Å². The molecule has 0 aromatic heterocycles. The van der Waals surface area contributed by atoms with E-state index in [1.807, 2.05) is 17.9 Å². The topological polar surface area (TPSA) is 32.3 Å². The van der Waals surface area contributed by atoms with Crippen LogP contribution in [0.25, 0.3) is 0 Å². The molecule has 1 saturated carbocycles. The van der Waals surface area contributed by atoms with Crippen molar-refractivity contribution >= 4 is 5.91 Å². The molecule has 3 rings (SSSR count). The summed E-state index contributed by atoms with van der Waals surface area (Å²) < 4.78 is 13.5. The molecule has 4 heteroatoms. The summed E-state index contributed by atoms with van der Waals surface area (Å²) in [6.07, 6.45) is 3.07. The van der Waals surface area contributed by atoms with Crippen molar-refractivity contribution in [3.8, 4) is 0 Å². The molecule has 1 heterocycles. The van der Waals surface area contributed by atoms with Gasteiger partial charge in [0.25, 0.3) is 0 Å². The summed E-state index contributed by atoms with van der Waals surface area (Å²) in [6, 6.07) is 6.63. The average Bonchev–Trinajstić information content (AvgIpc) is 2.95. The molecule has 3 nitrogen and oxygen atoms in total. The number of carbonyl (C=O) groups excluding carboxylic acids is 1. The predicted molar refractivity (Wildman–Crippen MR) is 75.4 cm³/mol. The molecule has 1 aliphatic heterocycles. The van der Waals surface area contributed by atoms with Gasteiger partial charge in [-0.3, -0.25) is 10.1 Å². The number of hydrogen-bond donors (Lipinski definition) is 1. The summed E-state index contributed by atoms with van der Waals surface area (Å²) in [4.78, 5) is 14.4. The second kappa shape index (κ2) is 5.17. The zero-order chi connectivity index (χ0) is 14.3. The van der Waals surface area contributed by atoms with Gasteiger partial charge in [0.1, 0.15) is 12.0 Å². The van der Waals surface area contributed by atoms with Crippen LogP contribution in [0.3, 0.4) is 0 Å². The van der Waals surface area contributed by atoms with E-state index in [2.05, 4.69) is 12.2 Å². The van der Waals surface area contributed by atoms with Gasteiger partial charge in [-0.15, -0.1) is 0 Å². The number of nitrogens with one attached hydrogen (secondary N) is 1. The Labute approximate surface area is 119 Å². The summed E-state index contributed by atoms with van der Waals surface area (Å²) >= 11 is 0. The van der Waals surface area contributed by atoms with Crippen molar-refractivity contribution in [2.45, 2.75) is 51.4 Å². The molecule has 2 aliphatic rings. The first kappa shape index (κ1) is 13.6. The molecule has 4 atom stereocenters. The Morgan fingerprint density at radius 3 is 2.75 bits per heavy atom. The molecule has 1 aromatic carbocycles. The third kappa shape index (κ3) is 2.33. The number of carbonyl (C=O) groups is 1. The lowest BCUT2D eigenvalue weighted by Crippen LogP contribution is -2.38. The lowest BCUT2D eigenvalue weighted by molar-refractivity contribution is -0.132. The van der Waals surface area contributed by atoms with Gasteiger partial charge in [0.15, 0.2) is 0 Å². The van der Waals surface area contributed by atoms with Crippen LogP contribution in [-0.4, -0.2) is 22.9 Å². The first-order valence-corrected chi connectivity index (χ1v) is 7.40. The van der Waals surface area contributed by atoms with Gasteiger partial charge in [0.2, 0.25) is 5.91 Å². The summed E-state index contributed by atoms with van der Waals surface area (Å²) in [5.41, 5.74) is 0.835. The minimum absolute atomic E-state index is 0.137. The van der Waals surface area contributed by atoms with E-state index in [9.17, 15) is 9.18 Å². The first-order valence-electron chi connectivity index (χ1n) is 7.40. The third-order valence-electron chi connectivity index (χ3n) is 4.54. The summed E-state index contributed by atoms with van der Waals surface area (Å²) in [6.45, 7) is 4.11. The zero-order valence-electron chi connectivity index (χ0n) is 12.0. The van der Waals surface area contributed by atoms with Gasteiger partial charge in [-0.2, -0.15) is 0 Å². The predicted octanol–water partition coefficient (Wildman–Crippen LogP) is 2.83. The van der Waals surface area contributed by atoms with Gasteiger partial charge in [0.05, 0.1) is 6.04 Å². The highest BCUT2D eigenvalue weighted by Gasteiger charge is 2.42. The summed E-state index contributed by atoms with van der Waals surface area (Å²) in [5, 5.41) is 3.30. The van der Waals surface area contributed by atoms with Crippen molar-refractivity contribution in [1.29, 1.82) is 0 Å². The minimum Gasteiger partial charge on any atom is -0.319 e. The van der Waals surface area contributed by atoms with Crippen molar-refractivity contribution in [2.24, 2.45) is 5.92 Å². The molecule has 1 saturated heterocycles. The molecule has 0 radical (unpaired) electrons. The van der Waals surface area contributed by atoms with E-state index in [-0.39, 0.29) is 30.0 Å². The van der Waals surface area contributed by atoms with E-state index in [1.165, 1.54) is 18.6 Å². The van der Waals surface area contributed by atoms with E-state index < -0.39 is 0 Å². The molecule has 1 N–H and O–H groups in total. The van der Waals surface area contributed by atoms with E-state index in [4.69, 9.17) is 0 Å². The van der Waals surface area contributed by atoms with Crippen molar-refractivity contribution in [2.75, 3.05) is 0 Å². The fraction of sp³-hybridized carbons (Fsp3) is 0.562. The average molecular weight is 276 g/mol. The van der Waals surface area contributed by atoms with Gasteiger partial charge in [-0.25, -0.2) is 4.39 Å². The van der Waals surface area contributed by atoms with Crippen LogP contribution in [0.5, 0.6) is 0 Å². The van der Waals surface area contributed by atoms with Crippen LogP contribution in [0.4, 0.5) is 4.39 Å². The highest BCUT2D eigenvalue weighted by Crippen LogP contribution is 2.36. The Balaban J connectivity index is 1.90. The smallest absolute Gasteiger partial charge is 0.241 e. The maximum absolute atomic E-state index is 13.5. The van der Waals surface area contributed by atoms with E-state index in [0.29, 0.717) is 5.92 Å². The summed E-state index contributed by atoms with van der Waals surface area (Å²) in [5.74, 6) is 0.547. The van der Waals surface area contributed by atoms with Crippen LogP contribution in [0.1, 0.15) is 44.8 Å². The Kier molecular flexibility index (Phi) is 3.50. The molecule has 1 aromatic rings. The number of rotatable bonds is 2. The van der Waals surface area contributed by atoms with Gasteiger partial charge in [-0.05, 0) is 49.8 Å². The Morgan fingerprint density at radius 2 is 2.10 bits per heavy atom. The lowest BCUT2D eigenvalue weighted by Gasteiger charge is -2.30. The van der Waals surface area contributed by atoms with E-state index in [0.717, 1.165) is 18.4 Å². The lowest BCUT2D eigenvalue weighted by atomic mass is 10.1. The third-order valence-corrected chi connectivity index (χ3v) is 4.54. The number of nitrogens with zero attached hydrogens (tertiary/aromatic N) is 1. The highest BCUT2D eigenvalue weighted by atomic mass is 19.1. The molecular formula is C16H21FN2O. The largest absolute Gasteiger partial charge is 0.319 e. The quantitative estimate of drug-likeness (QED) is 0.901. The van der Waals surface area contributed by atoms with Crippen molar-refractivity contribution < 1.29 is 9.18 Å². The summed E-state index contributed by atoms with van der Waals surface area (Å²) in [7, 11) is 0. The highest BCUT2D eigenvalue weighted by molar-refractivity contribution is 5.84. The molecule has 4 unspecified atom stereocenters. The molecule has 0 bridgehead atoms. The standard InChI is InChI=1S/C16H21FN2O/c1-10-6-7-14(8-10)19-15(18-11(2)16(19)20)12-4-3-5-13(17)9-12/h3-5,9-11,14-15,18H,6-8H2,1-2H3. The van der Waals surface area contributed by atoms with Gasteiger partial charge in [-0.1, -0.05) is 19.1 Å². The van der Waals surface area contributed by atoms with E-state index in [1.54, 1.807) is 6.07 Å². The maximum Gasteiger partial charge on any atom is 0.241 e. The van der Waals surface area contributed by atoms with Crippen LogP contribution < -0.4 is 5.32 Å². The van der Waals surface area contributed by atoms with Crippen molar-refractivity contribution in [1.82, 2.24) is 10.2 Å². The van der Waals surface area contributed by atoms with Crippen LogP contribution in [0, 0.1) is 11.7 Å².